The predicted molar refractivity (Wildman–Crippen MR) is 75.5 cm³/mol. The van der Waals surface area contributed by atoms with Gasteiger partial charge in [-0.3, -0.25) is 0 Å². The molecule has 0 atom stereocenters. The van der Waals surface area contributed by atoms with Crippen molar-refractivity contribution >= 4 is 27.7 Å². The van der Waals surface area contributed by atoms with Crippen LogP contribution in [0.2, 0.25) is 0 Å². The average molecular weight is 304 g/mol. The predicted octanol–water partition coefficient (Wildman–Crippen LogP) is 3.17. The third kappa shape index (κ3) is 6.40. The van der Waals surface area contributed by atoms with Crippen LogP contribution in [0.3, 0.4) is 0 Å². The molecule has 1 N–H and O–H groups in total. The number of nitrogens with one attached hydrogen (secondary N) is 1. The van der Waals surface area contributed by atoms with E-state index in [1.165, 1.54) is 12.2 Å². The van der Waals surface area contributed by atoms with E-state index in [4.69, 9.17) is 4.74 Å². The molecule has 0 heterocycles. The van der Waals surface area contributed by atoms with Gasteiger partial charge in [-0.2, -0.15) is 11.8 Å². The van der Waals surface area contributed by atoms with Crippen LogP contribution >= 0.6 is 27.7 Å². The standard InChI is InChI=1S/C12H18BrNOS/c1-16-10-2-7-14-8-9-15-12-5-3-11(13)4-6-12/h3-6,14H,2,7-10H2,1H3. The summed E-state index contributed by atoms with van der Waals surface area (Å²) >= 11 is 5.28. The molecule has 16 heavy (non-hydrogen) atoms. The Morgan fingerprint density at radius 2 is 2.00 bits per heavy atom. The first kappa shape index (κ1) is 13.9. The van der Waals surface area contributed by atoms with Crippen molar-refractivity contribution in [2.75, 3.05) is 31.7 Å². The molecule has 2 nitrogen and oxygen atoms in total. The lowest BCUT2D eigenvalue weighted by molar-refractivity contribution is 0.314. The van der Waals surface area contributed by atoms with Gasteiger partial charge in [-0.1, -0.05) is 15.9 Å². The molecule has 0 saturated carbocycles. The van der Waals surface area contributed by atoms with Crippen LogP contribution in [0.1, 0.15) is 6.42 Å². The first-order valence-corrected chi connectivity index (χ1v) is 7.59. The number of ether oxygens (including phenoxy) is 1. The molecule has 0 radical (unpaired) electrons. The highest BCUT2D eigenvalue weighted by molar-refractivity contribution is 9.10. The molecule has 0 spiro atoms. The van der Waals surface area contributed by atoms with Crippen molar-refractivity contribution < 1.29 is 4.74 Å². The van der Waals surface area contributed by atoms with Gasteiger partial charge in [0, 0.05) is 11.0 Å². The van der Waals surface area contributed by atoms with Gasteiger partial charge < -0.3 is 10.1 Å². The zero-order chi connectivity index (χ0) is 11.6. The van der Waals surface area contributed by atoms with Crippen LogP contribution in [0.15, 0.2) is 28.7 Å². The van der Waals surface area contributed by atoms with Gasteiger partial charge in [-0.05, 0) is 49.2 Å². The maximum atomic E-state index is 5.58. The molecule has 1 aromatic carbocycles. The van der Waals surface area contributed by atoms with Gasteiger partial charge in [-0.25, -0.2) is 0 Å². The van der Waals surface area contributed by atoms with E-state index in [2.05, 4.69) is 27.5 Å². The lowest BCUT2D eigenvalue weighted by atomic mass is 10.3. The molecule has 1 rings (SSSR count). The highest BCUT2D eigenvalue weighted by Gasteiger charge is 1.93. The summed E-state index contributed by atoms with van der Waals surface area (Å²) in [7, 11) is 0. The molecule has 0 bridgehead atoms. The van der Waals surface area contributed by atoms with Crippen LogP contribution in [-0.4, -0.2) is 31.7 Å². The van der Waals surface area contributed by atoms with Crippen molar-refractivity contribution in [1.29, 1.82) is 0 Å². The van der Waals surface area contributed by atoms with Crippen LogP contribution in [0, 0.1) is 0 Å². The molecular weight excluding hydrogens is 286 g/mol. The van der Waals surface area contributed by atoms with E-state index in [1.54, 1.807) is 0 Å². The second kappa shape index (κ2) is 8.90. The molecule has 0 fully saturated rings. The molecule has 0 aliphatic rings. The molecule has 0 amide bonds. The molecule has 0 unspecified atom stereocenters. The Balaban J connectivity index is 2.01. The fraction of sp³-hybridized carbons (Fsp3) is 0.500. The Morgan fingerprint density at radius 3 is 2.69 bits per heavy atom. The first-order valence-electron chi connectivity index (χ1n) is 5.41. The van der Waals surface area contributed by atoms with E-state index in [1.807, 2.05) is 36.0 Å². The van der Waals surface area contributed by atoms with Crippen molar-refractivity contribution in [3.63, 3.8) is 0 Å². The molecule has 90 valence electrons. The molecule has 0 aromatic heterocycles. The highest BCUT2D eigenvalue weighted by Crippen LogP contribution is 2.15. The quantitative estimate of drug-likeness (QED) is 0.745. The SMILES string of the molecule is CSCCCNCCOc1ccc(Br)cc1. The van der Waals surface area contributed by atoms with E-state index in [-0.39, 0.29) is 0 Å². The van der Waals surface area contributed by atoms with Crippen molar-refractivity contribution in [2.45, 2.75) is 6.42 Å². The molecule has 4 heteroatoms. The Labute approximate surface area is 110 Å². The number of thioether (sulfide) groups is 1. The molecule has 1 aromatic rings. The highest BCUT2D eigenvalue weighted by atomic mass is 79.9. The minimum absolute atomic E-state index is 0.723. The van der Waals surface area contributed by atoms with Crippen LogP contribution in [-0.2, 0) is 0 Å². The minimum Gasteiger partial charge on any atom is -0.492 e. The van der Waals surface area contributed by atoms with Crippen molar-refractivity contribution in [1.82, 2.24) is 5.32 Å². The van der Waals surface area contributed by atoms with Crippen LogP contribution in [0.4, 0.5) is 0 Å². The number of hydrogen-bond donors (Lipinski definition) is 1. The number of rotatable bonds is 8. The summed E-state index contributed by atoms with van der Waals surface area (Å²) in [6, 6.07) is 7.91. The monoisotopic (exact) mass is 303 g/mol. The molecule has 0 saturated heterocycles. The van der Waals surface area contributed by atoms with E-state index in [9.17, 15) is 0 Å². The summed E-state index contributed by atoms with van der Waals surface area (Å²) in [6.45, 7) is 2.70. The normalized spacial score (nSPS) is 10.4. The van der Waals surface area contributed by atoms with Crippen molar-refractivity contribution in [3.05, 3.63) is 28.7 Å². The Bertz CT molecular complexity index is 279. The van der Waals surface area contributed by atoms with Gasteiger partial charge in [0.15, 0.2) is 0 Å². The van der Waals surface area contributed by atoms with E-state index in [0.29, 0.717) is 0 Å². The number of hydrogen-bond acceptors (Lipinski definition) is 3. The Hall–Kier alpha value is -0.190. The third-order valence-corrected chi connectivity index (χ3v) is 3.29. The average Bonchev–Trinajstić information content (AvgIpc) is 2.30. The number of halogens is 1. The van der Waals surface area contributed by atoms with Gasteiger partial charge in [0.25, 0.3) is 0 Å². The largest absolute Gasteiger partial charge is 0.492 e. The zero-order valence-corrected chi connectivity index (χ0v) is 11.9. The lowest BCUT2D eigenvalue weighted by Gasteiger charge is -2.07. The maximum Gasteiger partial charge on any atom is 0.119 e. The van der Waals surface area contributed by atoms with Gasteiger partial charge >= 0.3 is 0 Å². The fourth-order valence-corrected chi connectivity index (χ4v) is 1.94. The van der Waals surface area contributed by atoms with Crippen molar-refractivity contribution in [2.24, 2.45) is 0 Å². The summed E-state index contributed by atoms with van der Waals surface area (Å²) in [6.07, 6.45) is 3.36. The van der Waals surface area contributed by atoms with Crippen molar-refractivity contribution in [3.8, 4) is 5.75 Å². The van der Waals surface area contributed by atoms with Gasteiger partial charge in [0.1, 0.15) is 12.4 Å². The summed E-state index contributed by atoms with van der Waals surface area (Å²) in [5.41, 5.74) is 0. The zero-order valence-electron chi connectivity index (χ0n) is 9.54. The minimum atomic E-state index is 0.723. The third-order valence-electron chi connectivity index (χ3n) is 2.06. The fourth-order valence-electron chi connectivity index (χ4n) is 1.24. The maximum absolute atomic E-state index is 5.58. The smallest absolute Gasteiger partial charge is 0.119 e. The number of benzene rings is 1. The summed E-state index contributed by atoms with van der Waals surface area (Å²) in [5, 5.41) is 3.35. The van der Waals surface area contributed by atoms with E-state index >= 15 is 0 Å². The summed E-state index contributed by atoms with van der Waals surface area (Å²) < 4.78 is 6.66. The molecular formula is C12H18BrNOS. The Morgan fingerprint density at radius 1 is 1.25 bits per heavy atom. The molecule has 0 aliphatic heterocycles. The summed E-state index contributed by atoms with van der Waals surface area (Å²) in [5.74, 6) is 2.15. The van der Waals surface area contributed by atoms with Crippen LogP contribution in [0.25, 0.3) is 0 Å². The van der Waals surface area contributed by atoms with Crippen LogP contribution < -0.4 is 10.1 Å². The second-order valence-electron chi connectivity index (χ2n) is 3.40. The van der Waals surface area contributed by atoms with E-state index in [0.717, 1.165) is 29.9 Å². The molecule has 0 aliphatic carbocycles. The first-order chi connectivity index (χ1) is 7.83. The lowest BCUT2D eigenvalue weighted by Crippen LogP contribution is -2.22. The topological polar surface area (TPSA) is 21.3 Å². The van der Waals surface area contributed by atoms with E-state index < -0.39 is 0 Å². The van der Waals surface area contributed by atoms with Crippen LogP contribution in [0.5, 0.6) is 5.75 Å². The summed E-state index contributed by atoms with van der Waals surface area (Å²) in [4.78, 5) is 0. The van der Waals surface area contributed by atoms with Gasteiger partial charge in [0.2, 0.25) is 0 Å². The van der Waals surface area contributed by atoms with Gasteiger partial charge in [-0.15, -0.1) is 0 Å². The Kier molecular flexibility index (Phi) is 7.72. The van der Waals surface area contributed by atoms with Gasteiger partial charge in [0.05, 0.1) is 0 Å². The second-order valence-corrected chi connectivity index (χ2v) is 5.30.